The van der Waals surface area contributed by atoms with Crippen molar-refractivity contribution in [2.45, 2.75) is 37.5 Å². The second kappa shape index (κ2) is 11.0. The molecule has 3 aromatic heterocycles. The molecule has 1 radical (unpaired) electrons. The maximum Gasteiger partial charge on any atom is 0.242 e. The number of aromatic nitrogens is 3. The van der Waals surface area contributed by atoms with Gasteiger partial charge in [-0.1, -0.05) is 48.2 Å². The van der Waals surface area contributed by atoms with Crippen LogP contribution in [0, 0.1) is 0 Å². The smallest absolute Gasteiger partial charge is 0.242 e. The molecular formula is C22H25BCl2N5O3S2. The summed E-state index contributed by atoms with van der Waals surface area (Å²) in [7, 11) is -0.484. The highest BCUT2D eigenvalue weighted by Gasteiger charge is 2.26. The minimum atomic E-state index is -3.78. The number of nitrogen functional groups attached to an aromatic ring is 1. The Bertz CT molecular complexity index is 1470. The number of fused-ring (bicyclic) bond motifs is 3. The summed E-state index contributed by atoms with van der Waals surface area (Å²) in [6, 6.07) is 7.82. The topological polar surface area (TPSA) is 112 Å². The van der Waals surface area contributed by atoms with Gasteiger partial charge in [0.05, 0.1) is 22.0 Å². The minimum Gasteiger partial charge on any atom is -0.384 e. The number of halogens is 2. The van der Waals surface area contributed by atoms with E-state index in [0.717, 1.165) is 40.0 Å². The van der Waals surface area contributed by atoms with E-state index in [1.807, 2.05) is 24.3 Å². The van der Waals surface area contributed by atoms with Crippen molar-refractivity contribution < 1.29 is 13.2 Å². The van der Waals surface area contributed by atoms with E-state index in [4.69, 9.17) is 38.7 Å². The van der Waals surface area contributed by atoms with Crippen LogP contribution >= 0.6 is 34.5 Å². The number of nitrogens with two attached hydrogens (primary N) is 1. The number of ether oxygens (including phenoxy) is 1. The van der Waals surface area contributed by atoms with Gasteiger partial charge in [0.25, 0.3) is 0 Å². The van der Waals surface area contributed by atoms with Crippen molar-refractivity contribution in [1.29, 1.82) is 0 Å². The molecule has 0 atom stereocenters. The number of benzene rings is 1. The second-order valence-electron chi connectivity index (χ2n) is 7.92. The minimum absolute atomic E-state index is 0.0357. The Morgan fingerprint density at radius 1 is 1.20 bits per heavy atom. The molecule has 185 valence electrons. The number of thiophene rings is 1. The lowest BCUT2D eigenvalue weighted by Crippen LogP contribution is -2.30. The SMILES string of the molecule is C[B]c1c(Cl)sc(Cl)c1S(=O)(=O)NCCCCn1c(CCOC)nc2c(N)nc3ccccc3c21. The molecule has 0 saturated carbocycles. The van der Waals surface area contributed by atoms with E-state index < -0.39 is 10.0 Å². The number of hydrogen-bond donors (Lipinski definition) is 2. The molecule has 8 nitrogen and oxygen atoms in total. The number of para-hydroxylation sites is 1. The zero-order valence-corrected chi connectivity index (χ0v) is 22.5. The van der Waals surface area contributed by atoms with Crippen molar-refractivity contribution in [1.82, 2.24) is 19.3 Å². The maximum absolute atomic E-state index is 12.9. The number of nitrogens with zero attached hydrogens (tertiary/aromatic N) is 3. The lowest BCUT2D eigenvalue weighted by molar-refractivity contribution is 0.199. The standard InChI is InChI=1S/C22H25BCl2N5O3S2/c1-23-16-19(21(25)34-20(16)24)35(31,32)27-10-5-6-11-30-15(9-12-33-2)29-17-18(30)13-7-3-4-8-14(13)28-22(17)26/h3-4,7-8,27H,5-6,9-12H2,1-2H3,(H2,26,28). The molecule has 3 N–H and O–H groups in total. The Morgan fingerprint density at radius 2 is 1.97 bits per heavy atom. The normalized spacial score (nSPS) is 12.1. The van der Waals surface area contributed by atoms with Crippen LogP contribution in [0.4, 0.5) is 5.82 Å². The number of pyridine rings is 1. The summed E-state index contributed by atoms with van der Waals surface area (Å²) < 4.78 is 36.3. The summed E-state index contributed by atoms with van der Waals surface area (Å²) in [6.45, 7) is 3.16. The van der Waals surface area contributed by atoms with Gasteiger partial charge in [0.1, 0.15) is 20.6 Å². The number of unbranched alkanes of at least 4 members (excludes halogenated alkanes) is 1. The Labute approximate surface area is 219 Å². The molecule has 0 aliphatic rings. The van der Waals surface area contributed by atoms with Crippen molar-refractivity contribution in [3.05, 3.63) is 38.8 Å². The fraction of sp³-hybridized carbons (Fsp3) is 0.364. The molecule has 0 aliphatic heterocycles. The molecule has 0 amide bonds. The number of imidazole rings is 1. The van der Waals surface area contributed by atoms with Gasteiger partial charge in [-0.25, -0.2) is 23.1 Å². The number of rotatable bonds is 11. The number of anilines is 1. The molecule has 0 unspecified atom stereocenters. The van der Waals surface area contributed by atoms with Crippen LogP contribution in [0.25, 0.3) is 21.9 Å². The third-order valence-corrected chi connectivity index (χ3v) is 9.12. The van der Waals surface area contributed by atoms with Gasteiger partial charge in [-0.2, -0.15) is 0 Å². The summed E-state index contributed by atoms with van der Waals surface area (Å²) in [6.07, 6.45) is 1.95. The molecule has 0 fully saturated rings. The number of aryl methyl sites for hydroxylation is 1. The quantitative estimate of drug-likeness (QED) is 0.216. The van der Waals surface area contributed by atoms with Crippen LogP contribution < -0.4 is 15.9 Å². The van der Waals surface area contributed by atoms with Gasteiger partial charge >= 0.3 is 0 Å². The number of methoxy groups -OCH3 is 1. The van der Waals surface area contributed by atoms with E-state index in [1.54, 1.807) is 21.2 Å². The summed E-state index contributed by atoms with van der Waals surface area (Å²) in [5.41, 5.74) is 9.07. The highest BCUT2D eigenvalue weighted by molar-refractivity contribution is 7.90. The zero-order valence-electron chi connectivity index (χ0n) is 19.3. The highest BCUT2D eigenvalue weighted by atomic mass is 35.5. The molecule has 13 heteroatoms. The Balaban J connectivity index is 1.52. The van der Waals surface area contributed by atoms with Gasteiger partial charge < -0.3 is 15.0 Å². The fourth-order valence-electron chi connectivity index (χ4n) is 4.07. The van der Waals surface area contributed by atoms with Crippen LogP contribution in [0.3, 0.4) is 0 Å². The molecule has 4 rings (SSSR count). The maximum atomic E-state index is 12.9. The van der Waals surface area contributed by atoms with Crippen LogP contribution in [0.5, 0.6) is 0 Å². The van der Waals surface area contributed by atoms with Crippen molar-refractivity contribution in [3.63, 3.8) is 0 Å². The first-order valence-electron chi connectivity index (χ1n) is 11.1. The first-order chi connectivity index (χ1) is 16.8. The van der Waals surface area contributed by atoms with Gasteiger partial charge in [-0.15, -0.1) is 11.3 Å². The van der Waals surface area contributed by atoms with Gasteiger partial charge in [-0.3, -0.25) is 0 Å². The summed E-state index contributed by atoms with van der Waals surface area (Å²) in [4.78, 5) is 9.30. The van der Waals surface area contributed by atoms with Gasteiger partial charge in [0.2, 0.25) is 10.0 Å². The molecule has 3 heterocycles. The van der Waals surface area contributed by atoms with Crippen LogP contribution in [-0.4, -0.2) is 50.5 Å². The van der Waals surface area contributed by atoms with Crippen LogP contribution in [-0.2, 0) is 27.7 Å². The molecular weight excluding hydrogens is 528 g/mol. The Kier molecular flexibility index (Phi) is 8.25. The summed E-state index contributed by atoms with van der Waals surface area (Å²) in [5, 5.41) is 0.973. The lowest BCUT2D eigenvalue weighted by Gasteiger charge is -2.12. The van der Waals surface area contributed by atoms with Crippen molar-refractivity contribution in [2.75, 3.05) is 26.0 Å². The number of nitrogens with one attached hydrogen (secondary N) is 1. The third kappa shape index (κ3) is 5.30. The molecule has 4 aromatic rings. The van der Waals surface area contributed by atoms with E-state index in [-0.39, 0.29) is 15.8 Å². The summed E-state index contributed by atoms with van der Waals surface area (Å²) in [5.74, 6) is 1.24. The van der Waals surface area contributed by atoms with Crippen molar-refractivity contribution in [2.24, 2.45) is 0 Å². The average molecular weight is 553 g/mol. The van der Waals surface area contributed by atoms with Gasteiger partial charge in [0, 0.05) is 32.0 Å². The third-order valence-electron chi connectivity index (χ3n) is 5.69. The van der Waals surface area contributed by atoms with E-state index >= 15 is 0 Å². The average Bonchev–Trinajstić information content (AvgIpc) is 3.34. The molecule has 1 aromatic carbocycles. The molecule has 0 aliphatic carbocycles. The first-order valence-corrected chi connectivity index (χ1v) is 14.1. The Hall–Kier alpha value is -1.89. The van der Waals surface area contributed by atoms with E-state index in [1.165, 1.54) is 0 Å². The largest absolute Gasteiger partial charge is 0.384 e. The molecule has 35 heavy (non-hydrogen) atoms. The monoisotopic (exact) mass is 552 g/mol. The van der Waals surface area contributed by atoms with E-state index in [2.05, 4.69) is 14.3 Å². The predicted molar refractivity (Wildman–Crippen MR) is 145 cm³/mol. The molecule has 0 spiro atoms. The van der Waals surface area contributed by atoms with Gasteiger partial charge in [-0.05, 0) is 24.4 Å². The number of hydrogen-bond acceptors (Lipinski definition) is 7. The first kappa shape index (κ1) is 26.2. The second-order valence-corrected chi connectivity index (χ2v) is 11.8. The zero-order chi connectivity index (χ0) is 25.2. The van der Waals surface area contributed by atoms with Crippen LogP contribution in [0.15, 0.2) is 29.2 Å². The molecule has 0 saturated heterocycles. The van der Waals surface area contributed by atoms with Crippen LogP contribution in [0.1, 0.15) is 18.7 Å². The number of sulfonamides is 1. The van der Waals surface area contributed by atoms with Crippen molar-refractivity contribution in [3.8, 4) is 0 Å². The van der Waals surface area contributed by atoms with Gasteiger partial charge in [0.15, 0.2) is 13.1 Å². The van der Waals surface area contributed by atoms with E-state index in [0.29, 0.717) is 47.1 Å². The lowest BCUT2D eigenvalue weighted by atomic mass is 9.75. The molecule has 0 bridgehead atoms. The highest BCUT2D eigenvalue weighted by Crippen LogP contribution is 2.32. The van der Waals surface area contributed by atoms with E-state index in [9.17, 15) is 8.42 Å². The Morgan fingerprint density at radius 3 is 2.71 bits per heavy atom. The van der Waals surface area contributed by atoms with Crippen molar-refractivity contribution >= 4 is 85.1 Å². The fourth-order valence-corrected chi connectivity index (χ4v) is 7.81. The van der Waals surface area contributed by atoms with Crippen LogP contribution in [0.2, 0.25) is 15.5 Å². The predicted octanol–water partition coefficient (Wildman–Crippen LogP) is 3.86. The summed E-state index contributed by atoms with van der Waals surface area (Å²) >= 11 is 13.3.